The Labute approximate surface area is 152 Å². The summed E-state index contributed by atoms with van der Waals surface area (Å²) in [4.78, 5) is 14.9. The number of carbonyl (C=O) groups is 1. The minimum Gasteiger partial charge on any atom is -0.494 e. The van der Waals surface area contributed by atoms with Crippen molar-refractivity contribution in [2.24, 2.45) is 0 Å². The number of morpholine rings is 1. The molecule has 0 bridgehead atoms. The minimum absolute atomic E-state index is 0.120. The van der Waals surface area contributed by atoms with E-state index in [0.29, 0.717) is 19.8 Å². The van der Waals surface area contributed by atoms with Gasteiger partial charge in [0.1, 0.15) is 0 Å². The molecule has 0 radical (unpaired) electrons. The van der Waals surface area contributed by atoms with Crippen molar-refractivity contribution in [1.82, 2.24) is 10.2 Å². The van der Waals surface area contributed by atoms with E-state index in [4.69, 9.17) is 9.47 Å². The van der Waals surface area contributed by atoms with E-state index in [1.165, 1.54) is 19.2 Å². The first kappa shape index (κ1) is 18.4. The van der Waals surface area contributed by atoms with Crippen LogP contribution in [0.1, 0.15) is 22.0 Å². The number of hydrogen-bond acceptors (Lipinski definition) is 4. The molecule has 0 spiro atoms. The number of amides is 1. The third kappa shape index (κ3) is 4.59. The zero-order chi connectivity index (χ0) is 18.4. The highest BCUT2D eigenvalue weighted by atomic mass is 19.1. The van der Waals surface area contributed by atoms with E-state index < -0.39 is 5.82 Å². The molecule has 5 nitrogen and oxygen atoms in total. The van der Waals surface area contributed by atoms with Gasteiger partial charge in [-0.05, 0) is 23.8 Å². The third-order valence-electron chi connectivity index (χ3n) is 4.47. The summed E-state index contributed by atoms with van der Waals surface area (Å²) in [5.74, 6) is -0.743. The standard InChI is InChI=1S/C20H23FN2O3/c1-25-19-8-7-16(13-17(19)21)20(24)22-18(15-5-3-2-4-6-15)14-23-9-11-26-12-10-23/h2-8,13,18H,9-12,14H2,1H3,(H,22,24). The lowest BCUT2D eigenvalue weighted by atomic mass is 10.1. The Bertz CT molecular complexity index is 733. The molecular formula is C20H23FN2O3. The first-order chi connectivity index (χ1) is 12.7. The van der Waals surface area contributed by atoms with Crippen molar-refractivity contribution in [3.05, 3.63) is 65.5 Å². The number of benzene rings is 2. The van der Waals surface area contributed by atoms with Crippen molar-refractivity contribution >= 4 is 5.91 Å². The van der Waals surface area contributed by atoms with Crippen LogP contribution in [0.25, 0.3) is 0 Å². The van der Waals surface area contributed by atoms with E-state index in [-0.39, 0.29) is 23.3 Å². The summed E-state index contributed by atoms with van der Waals surface area (Å²) in [5, 5.41) is 3.03. The van der Waals surface area contributed by atoms with Crippen molar-refractivity contribution in [2.45, 2.75) is 6.04 Å². The Morgan fingerprint density at radius 1 is 1.23 bits per heavy atom. The zero-order valence-electron chi connectivity index (χ0n) is 14.8. The summed E-state index contributed by atoms with van der Waals surface area (Å²) in [6.07, 6.45) is 0. The average molecular weight is 358 g/mol. The van der Waals surface area contributed by atoms with Gasteiger partial charge in [0.15, 0.2) is 11.6 Å². The van der Waals surface area contributed by atoms with Crippen LogP contribution in [-0.2, 0) is 4.74 Å². The molecule has 1 saturated heterocycles. The van der Waals surface area contributed by atoms with Crippen LogP contribution in [0.2, 0.25) is 0 Å². The number of hydrogen-bond donors (Lipinski definition) is 1. The molecular weight excluding hydrogens is 335 g/mol. The molecule has 6 heteroatoms. The summed E-state index contributed by atoms with van der Waals surface area (Å²) in [6, 6.07) is 13.8. The zero-order valence-corrected chi connectivity index (χ0v) is 14.8. The third-order valence-corrected chi connectivity index (χ3v) is 4.47. The lowest BCUT2D eigenvalue weighted by Crippen LogP contribution is -2.43. The molecule has 1 fully saturated rings. The lowest BCUT2D eigenvalue weighted by molar-refractivity contribution is 0.0332. The van der Waals surface area contributed by atoms with Crippen LogP contribution in [-0.4, -0.2) is 50.8 Å². The van der Waals surface area contributed by atoms with E-state index >= 15 is 0 Å². The maximum atomic E-state index is 13.9. The average Bonchev–Trinajstić information content (AvgIpc) is 2.69. The van der Waals surface area contributed by atoms with Crippen LogP contribution in [0.15, 0.2) is 48.5 Å². The van der Waals surface area contributed by atoms with Gasteiger partial charge in [-0.3, -0.25) is 9.69 Å². The molecule has 138 valence electrons. The van der Waals surface area contributed by atoms with E-state index in [1.54, 1.807) is 6.07 Å². The van der Waals surface area contributed by atoms with E-state index in [9.17, 15) is 9.18 Å². The molecule has 0 aromatic heterocycles. The first-order valence-electron chi connectivity index (χ1n) is 8.67. The minimum atomic E-state index is -0.551. The summed E-state index contributed by atoms with van der Waals surface area (Å²) < 4.78 is 24.2. The second-order valence-electron chi connectivity index (χ2n) is 6.20. The maximum Gasteiger partial charge on any atom is 0.251 e. The largest absolute Gasteiger partial charge is 0.494 e. The molecule has 0 aliphatic carbocycles. The summed E-state index contributed by atoms with van der Waals surface area (Å²) in [5.41, 5.74) is 1.28. The van der Waals surface area contributed by atoms with Crippen molar-refractivity contribution < 1.29 is 18.7 Å². The first-order valence-corrected chi connectivity index (χ1v) is 8.67. The smallest absolute Gasteiger partial charge is 0.251 e. The van der Waals surface area contributed by atoms with Gasteiger partial charge in [-0.15, -0.1) is 0 Å². The lowest BCUT2D eigenvalue weighted by Gasteiger charge is -2.31. The van der Waals surface area contributed by atoms with Gasteiger partial charge in [0.25, 0.3) is 5.91 Å². The molecule has 2 aromatic rings. The van der Waals surface area contributed by atoms with Gasteiger partial charge in [-0.2, -0.15) is 0 Å². The Balaban J connectivity index is 1.76. The van der Waals surface area contributed by atoms with Crippen LogP contribution < -0.4 is 10.1 Å². The molecule has 3 rings (SSSR count). The molecule has 0 saturated carbocycles. The molecule has 1 amide bonds. The Hall–Kier alpha value is -2.44. The predicted octanol–water partition coefficient (Wildman–Crippen LogP) is 2.64. The molecule has 1 aliphatic rings. The number of nitrogens with zero attached hydrogens (tertiary/aromatic N) is 1. The van der Waals surface area contributed by atoms with Crippen molar-refractivity contribution in [2.75, 3.05) is 40.0 Å². The topological polar surface area (TPSA) is 50.8 Å². The Morgan fingerprint density at radius 3 is 2.62 bits per heavy atom. The summed E-state index contributed by atoms with van der Waals surface area (Å²) in [7, 11) is 1.39. The van der Waals surface area contributed by atoms with E-state index in [0.717, 1.165) is 18.7 Å². The molecule has 26 heavy (non-hydrogen) atoms. The molecule has 2 aromatic carbocycles. The van der Waals surface area contributed by atoms with Gasteiger partial charge >= 0.3 is 0 Å². The highest BCUT2D eigenvalue weighted by Crippen LogP contribution is 2.20. The molecule has 1 heterocycles. The van der Waals surface area contributed by atoms with E-state index in [2.05, 4.69) is 10.2 Å². The van der Waals surface area contributed by atoms with Gasteiger partial charge in [0.05, 0.1) is 26.4 Å². The molecule has 1 aliphatic heterocycles. The fraction of sp³-hybridized carbons (Fsp3) is 0.350. The van der Waals surface area contributed by atoms with Gasteiger partial charge in [-0.25, -0.2) is 4.39 Å². The van der Waals surface area contributed by atoms with E-state index in [1.807, 2.05) is 30.3 Å². The van der Waals surface area contributed by atoms with Gasteiger partial charge in [0.2, 0.25) is 0 Å². The van der Waals surface area contributed by atoms with Crippen LogP contribution in [0.3, 0.4) is 0 Å². The SMILES string of the molecule is COc1ccc(C(=O)NC(CN2CCOCC2)c2ccccc2)cc1F. The number of ether oxygens (including phenoxy) is 2. The van der Waals surface area contributed by atoms with Gasteiger partial charge in [0, 0.05) is 25.2 Å². The number of nitrogens with one attached hydrogen (secondary N) is 1. The van der Waals surface area contributed by atoms with Crippen molar-refractivity contribution in [1.29, 1.82) is 0 Å². The number of halogens is 1. The Morgan fingerprint density at radius 2 is 1.96 bits per heavy atom. The second-order valence-corrected chi connectivity index (χ2v) is 6.20. The van der Waals surface area contributed by atoms with Crippen molar-refractivity contribution in [3.8, 4) is 5.75 Å². The normalized spacial score (nSPS) is 16.1. The van der Waals surface area contributed by atoms with Crippen LogP contribution in [0.4, 0.5) is 4.39 Å². The fourth-order valence-electron chi connectivity index (χ4n) is 3.01. The fourth-order valence-corrected chi connectivity index (χ4v) is 3.01. The summed E-state index contributed by atoms with van der Waals surface area (Å²) >= 11 is 0. The molecule has 1 atom stereocenters. The Kier molecular flexibility index (Phi) is 6.20. The van der Waals surface area contributed by atoms with Crippen LogP contribution in [0, 0.1) is 5.82 Å². The number of methoxy groups -OCH3 is 1. The monoisotopic (exact) mass is 358 g/mol. The predicted molar refractivity (Wildman–Crippen MR) is 96.9 cm³/mol. The molecule has 1 unspecified atom stereocenters. The number of rotatable bonds is 6. The van der Waals surface area contributed by atoms with Gasteiger partial charge < -0.3 is 14.8 Å². The van der Waals surface area contributed by atoms with Crippen LogP contribution >= 0.6 is 0 Å². The molecule has 1 N–H and O–H groups in total. The van der Waals surface area contributed by atoms with Gasteiger partial charge in [-0.1, -0.05) is 30.3 Å². The van der Waals surface area contributed by atoms with Crippen molar-refractivity contribution in [3.63, 3.8) is 0 Å². The summed E-state index contributed by atoms with van der Waals surface area (Å²) in [6.45, 7) is 3.72. The highest BCUT2D eigenvalue weighted by molar-refractivity contribution is 5.94. The number of carbonyl (C=O) groups excluding carboxylic acids is 1. The maximum absolute atomic E-state index is 13.9. The quantitative estimate of drug-likeness (QED) is 0.863. The highest BCUT2D eigenvalue weighted by Gasteiger charge is 2.21. The second kappa shape index (κ2) is 8.78. The van der Waals surface area contributed by atoms with Crippen LogP contribution in [0.5, 0.6) is 5.75 Å².